The molecule has 0 unspecified atom stereocenters. The molecule has 26 heavy (non-hydrogen) atoms. The minimum absolute atomic E-state index is 0.224. The van der Waals surface area contributed by atoms with Crippen LogP contribution in [0.5, 0.6) is 0 Å². The maximum atomic E-state index is 12.1. The third kappa shape index (κ3) is 2.96. The number of amides is 1. The van der Waals surface area contributed by atoms with Gasteiger partial charge in [-0.1, -0.05) is 49.8 Å². The number of rotatable bonds is 2. The van der Waals surface area contributed by atoms with E-state index in [4.69, 9.17) is 4.74 Å². The van der Waals surface area contributed by atoms with Crippen molar-refractivity contribution in [2.24, 2.45) is 5.41 Å². The molecule has 0 atom stereocenters. The minimum Gasteiger partial charge on any atom is -0.438 e. The van der Waals surface area contributed by atoms with Gasteiger partial charge in [0, 0.05) is 38.0 Å². The van der Waals surface area contributed by atoms with E-state index in [0.29, 0.717) is 0 Å². The van der Waals surface area contributed by atoms with Gasteiger partial charge in [0.05, 0.1) is 5.69 Å². The van der Waals surface area contributed by atoms with Crippen molar-refractivity contribution in [1.29, 1.82) is 0 Å². The molecule has 0 aromatic heterocycles. The van der Waals surface area contributed by atoms with E-state index in [1.807, 2.05) is 18.2 Å². The van der Waals surface area contributed by atoms with E-state index in [9.17, 15) is 4.79 Å². The topological polar surface area (TPSA) is 41.6 Å². The summed E-state index contributed by atoms with van der Waals surface area (Å²) < 4.78 is 5.84. The Kier molecular flexibility index (Phi) is 4.19. The number of allylic oxidation sites excluding steroid dienone is 3. The van der Waals surface area contributed by atoms with E-state index in [0.717, 1.165) is 50.1 Å². The van der Waals surface area contributed by atoms with Gasteiger partial charge in [0.1, 0.15) is 5.60 Å². The number of hydrogen-bond donors (Lipinski definition) is 1. The predicted octanol–water partition coefficient (Wildman–Crippen LogP) is 4.84. The highest BCUT2D eigenvalue weighted by molar-refractivity contribution is 5.88. The van der Waals surface area contributed by atoms with E-state index in [1.54, 1.807) is 5.57 Å². The summed E-state index contributed by atoms with van der Waals surface area (Å²) in [4.78, 5) is 14.6. The first-order chi connectivity index (χ1) is 12.4. The van der Waals surface area contributed by atoms with Gasteiger partial charge in [-0.15, -0.1) is 0 Å². The molecule has 138 valence electrons. The summed E-state index contributed by atoms with van der Waals surface area (Å²) >= 11 is 0. The second-order valence-corrected chi connectivity index (χ2v) is 8.48. The van der Waals surface area contributed by atoms with Crippen LogP contribution in [0.15, 0.2) is 47.6 Å². The number of nitrogens with one attached hydrogen (secondary N) is 1. The highest BCUT2D eigenvalue weighted by atomic mass is 16.6. The normalized spacial score (nSPS) is 24.2. The Hall–Kier alpha value is -2.07. The standard InChI is InChI=1S/C22H28N2O2/c1-16-7-6-10-21(2,3)18(16)15-24-13-11-22(12-14-24)17-8-4-5-9-19(17)23-20(25)26-22/h4-9H,10-15H2,1-3H3,(H,23,25). The number of carbonyl (C=O) groups excluding carboxylic acids is 1. The lowest BCUT2D eigenvalue weighted by molar-refractivity contribution is -0.0368. The average molecular weight is 352 g/mol. The highest BCUT2D eigenvalue weighted by Gasteiger charge is 2.44. The zero-order valence-corrected chi connectivity index (χ0v) is 16.0. The van der Waals surface area contributed by atoms with Gasteiger partial charge in [-0.05, 0) is 30.4 Å². The lowest BCUT2D eigenvalue weighted by Crippen LogP contribution is -2.49. The van der Waals surface area contributed by atoms with Crippen LogP contribution < -0.4 is 5.32 Å². The van der Waals surface area contributed by atoms with Crippen LogP contribution in [0.2, 0.25) is 0 Å². The van der Waals surface area contributed by atoms with Crippen LogP contribution in [-0.4, -0.2) is 30.6 Å². The second-order valence-electron chi connectivity index (χ2n) is 8.48. The molecule has 2 heterocycles. The predicted molar refractivity (Wildman–Crippen MR) is 104 cm³/mol. The number of anilines is 1. The summed E-state index contributed by atoms with van der Waals surface area (Å²) in [5.74, 6) is 0. The number of likely N-dealkylation sites (tertiary alicyclic amines) is 1. The number of nitrogens with zero attached hydrogens (tertiary/aromatic N) is 1. The summed E-state index contributed by atoms with van der Waals surface area (Å²) in [6.07, 6.45) is 7.02. The van der Waals surface area contributed by atoms with Gasteiger partial charge in [0.2, 0.25) is 0 Å². The Balaban J connectivity index is 1.52. The fraction of sp³-hybridized carbons (Fsp3) is 0.500. The van der Waals surface area contributed by atoms with E-state index < -0.39 is 5.60 Å². The quantitative estimate of drug-likeness (QED) is 0.828. The van der Waals surface area contributed by atoms with Crippen molar-refractivity contribution in [2.75, 3.05) is 25.0 Å². The minimum atomic E-state index is -0.471. The fourth-order valence-electron chi connectivity index (χ4n) is 4.65. The third-order valence-electron chi connectivity index (χ3n) is 6.28. The van der Waals surface area contributed by atoms with Gasteiger partial charge in [0.15, 0.2) is 0 Å². The van der Waals surface area contributed by atoms with E-state index in [2.05, 4.69) is 49.2 Å². The number of piperidine rings is 1. The summed E-state index contributed by atoms with van der Waals surface area (Å²) in [5.41, 5.74) is 4.71. The van der Waals surface area contributed by atoms with Crippen molar-refractivity contribution in [3.63, 3.8) is 0 Å². The van der Waals surface area contributed by atoms with Crippen molar-refractivity contribution in [3.05, 3.63) is 53.1 Å². The van der Waals surface area contributed by atoms with Crippen LogP contribution in [0.3, 0.4) is 0 Å². The Bertz CT molecular complexity index is 783. The van der Waals surface area contributed by atoms with Gasteiger partial charge < -0.3 is 4.74 Å². The number of benzene rings is 1. The molecule has 1 N–H and O–H groups in total. The molecule has 1 aromatic carbocycles. The Morgan fingerprint density at radius 3 is 2.65 bits per heavy atom. The average Bonchev–Trinajstić information content (AvgIpc) is 2.60. The smallest absolute Gasteiger partial charge is 0.412 e. The molecular formula is C22H28N2O2. The first kappa shape index (κ1) is 17.3. The Morgan fingerprint density at radius 1 is 1.19 bits per heavy atom. The zero-order valence-electron chi connectivity index (χ0n) is 16.0. The van der Waals surface area contributed by atoms with Gasteiger partial charge in [-0.3, -0.25) is 10.2 Å². The largest absolute Gasteiger partial charge is 0.438 e. The molecule has 0 radical (unpaired) electrons. The van der Waals surface area contributed by atoms with Crippen LogP contribution in [0.1, 0.15) is 45.6 Å². The van der Waals surface area contributed by atoms with Crippen LogP contribution in [0.4, 0.5) is 10.5 Å². The van der Waals surface area contributed by atoms with E-state index in [1.165, 1.54) is 5.57 Å². The lowest BCUT2D eigenvalue weighted by Gasteiger charge is -2.45. The first-order valence-electron chi connectivity index (χ1n) is 9.58. The maximum Gasteiger partial charge on any atom is 0.412 e. The maximum absolute atomic E-state index is 12.1. The molecule has 3 aliphatic rings. The molecule has 4 rings (SSSR count). The molecular weight excluding hydrogens is 324 g/mol. The fourth-order valence-corrected chi connectivity index (χ4v) is 4.65. The van der Waals surface area contributed by atoms with E-state index in [-0.39, 0.29) is 11.5 Å². The highest BCUT2D eigenvalue weighted by Crippen LogP contribution is 2.44. The summed E-state index contributed by atoms with van der Waals surface area (Å²) in [6.45, 7) is 9.80. The van der Waals surface area contributed by atoms with Crippen molar-refractivity contribution < 1.29 is 9.53 Å². The summed E-state index contributed by atoms with van der Waals surface area (Å²) in [6, 6.07) is 8.04. The zero-order chi connectivity index (χ0) is 18.4. The molecule has 0 bridgehead atoms. The SMILES string of the molecule is CC1=C(CN2CCC3(CC2)OC(=O)Nc2ccccc23)C(C)(C)CC=C1. The van der Waals surface area contributed by atoms with Gasteiger partial charge in [0.25, 0.3) is 0 Å². The number of carbonyl (C=O) groups is 1. The molecule has 1 aliphatic carbocycles. The van der Waals surface area contributed by atoms with Crippen molar-refractivity contribution in [2.45, 2.75) is 45.6 Å². The van der Waals surface area contributed by atoms with Crippen LogP contribution in [0.25, 0.3) is 0 Å². The molecule has 4 nitrogen and oxygen atoms in total. The van der Waals surface area contributed by atoms with Crippen LogP contribution in [-0.2, 0) is 10.3 Å². The van der Waals surface area contributed by atoms with Gasteiger partial charge in [-0.2, -0.15) is 0 Å². The number of para-hydroxylation sites is 1. The third-order valence-corrected chi connectivity index (χ3v) is 6.28. The van der Waals surface area contributed by atoms with Gasteiger partial charge in [-0.25, -0.2) is 4.79 Å². The molecule has 4 heteroatoms. The molecule has 1 spiro atoms. The monoisotopic (exact) mass is 352 g/mol. The van der Waals surface area contributed by atoms with Crippen molar-refractivity contribution >= 4 is 11.8 Å². The molecule has 1 fully saturated rings. The van der Waals surface area contributed by atoms with Crippen LogP contribution in [0, 0.1) is 5.41 Å². The molecule has 1 amide bonds. The van der Waals surface area contributed by atoms with Crippen LogP contribution >= 0.6 is 0 Å². The summed E-state index contributed by atoms with van der Waals surface area (Å²) in [7, 11) is 0. The number of hydrogen-bond acceptors (Lipinski definition) is 3. The van der Waals surface area contributed by atoms with E-state index >= 15 is 0 Å². The molecule has 1 saturated heterocycles. The molecule has 0 saturated carbocycles. The first-order valence-corrected chi connectivity index (χ1v) is 9.58. The second kappa shape index (κ2) is 6.27. The molecule has 1 aromatic rings. The van der Waals surface area contributed by atoms with Gasteiger partial charge >= 0.3 is 6.09 Å². The lowest BCUT2D eigenvalue weighted by atomic mass is 9.75. The number of fused-ring (bicyclic) bond motifs is 2. The summed E-state index contributed by atoms with van der Waals surface area (Å²) in [5, 5.41) is 2.84. The Morgan fingerprint density at radius 2 is 1.92 bits per heavy atom. The number of ether oxygens (including phenoxy) is 1. The van der Waals surface area contributed by atoms with Crippen molar-refractivity contribution in [3.8, 4) is 0 Å². The molecule has 2 aliphatic heterocycles. The van der Waals surface area contributed by atoms with Crippen molar-refractivity contribution in [1.82, 2.24) is 4.90 Å². The Labute approximate surface area is 155 Å².